The van der Waals surface area contributed by atoms with E-state index >= 15 is 0 Å². The van der Waals surface area contributed by atoms with Crippen molar-refractivity contribution in [3.05, 3.63) is 83.0 Å². The number of likely N-dealkylation sites (N-methyl/N-ethyl adjacent to an activating group) is 1. The van der Waals surface area contributed by atoms with E-state index in [1.54, 1.807) is 6.20 Å². The van der Waals surface area contributed by atoms with Crippen LogP contribution in [0.1, 0.15) is 70.5 Å². The molecule has 1 aromatic heterocycles. The first-order valence-electron chi connectivity index (χ1n) is 16.3. The topological polar surface area (TPSA) is 84.0 Å². The van der Waals surface area contributed by atoms with Gasteiger partial charge in [0.1, 0.15) is 5.82 Å². The number of fused-ring (bicyclic) bond motifs is 2. The van der Waals surface area contributed by atoms with Gasteiger partial charge in [-0.25, -0.2) is 4.98 Å². The molecule has 0 saturated carbocycles. The largest absolute Gasteiger partial charge is 0.377 e. The summed E-state index contributed by atoms with van der Waals surface area (Å²) in [5.41, 5.74) is 5.68. The van der Waals surface area contributed by atoms with Crippen LogP contribution in [0.15, 0.2) is 60.8 Å². The molecule has 2 amide bonds. The van der Waals surface area contributed by atoms with Gasteiger partial charge in [-0.1, -0.05) is 18.2 Å². The minimum atomic E-state index is -0.122. The van der Waals surface area contributed by atoms with E-state index in [0.29, 0.717) is 17.6 Å². The summed E-state index contributed by atoms with van der Waals surface area (Å²) in [6.45, 7) is 8.25. The summed E-state index contributed by atoms with van der Waals surface area (Å²) in [6, 6.07) is 19.0. The molecule has 3 saturated heterocycles. The molecule has 3 aliphatic heterocycles. The Kier molecular flexibility index (Phi) is 8.99. The third kappa shape index (κ3) is 6.64. The van der Waals surface area contributed by atoms with Crippen molar-refractivity contribution in [1.29, 1.82) is 0 Å². The van der Waals surface area contributed by atoms with E-state index in [1.165, 1.54) is 5.69 Å². The molecule has 0 radical (unpaired) electrons. The number of hydrogen-bond donors (Lipinski definition) is 2. The van der Waals surface area contributed by atoms with E-state index in [2.05, 4.69) is 56.6 Å². The Hall–Kier alpha value is -4.11. The van der Waals surface area contributed by atoms with Crippen LogP contribution in [0.4, 0.5) is 17.2 Å². The van der Waals surface area contributed by atoms with Crippen LogP contribution in [-0.4, -0.2) is 87.1 Å². The number of amides is 2. The summed E-state index contributed by atoms with van der Waals surface area (Å²) in [5, 5.41) is 6.47. The van der Waals surface area contributed by atoms with E-state index in [0.717, 1.165) is 80.1 Å². The van der Waals surface area contributed by atoms with Crippen molar-refractivity contribution in [2.24, 2.45) is 0 Å². The summed E-state index contributed by atoms with van der Waals surface area (Å²) in [5.74, 6) is 0.788. The molecule has 1 unspecified atom stereocenters. The molecule has 0 aliphatic carbocycles. The smallest absolute Gasteiger partial charge is 0.253 e. The first kappa shape index (κ1) is 30.9. The Labute approximate surface area is 267 Å². The molecule has 2 bridgehead atoms. The number of carbonyl (C=O) groups excluding carboxylic acids is 2. The van der Waals surface area contributed by atoms with Gasteiger partial charge in [0.15, 0.2) is 0 Å². The number of nitrogens with one attached hydrogen (secondary N) is 2. The van der Waals surface area contributed by atoms with E-state index in [1.807, 2.05) is 63.2 Å². The highest BCUT2D eigenvalue weighted by Crippen LogP contribution is 2.39. The van der Waals surface area contributed by atoms with Gasteiger partial charge in [-0.3, -0.25) is 9.59 Å². The fraction of sp³-hybridized carbons (Fsp3) is 0.472. The molecule has 9 nitrogen and oxygen atoms in total. The lowest BCUT2D eigenvalue weighted by Crippen LogP contribution is -2.50. The van der Waals surface area contributed by atoms with Crippen LogP contribution in [0.3, 0.4) is 0 Å². The van der Waals surface area contributed by atoms with Gasteiger partial charge >= 0.3 is 0 Å². The number of carbonyl (C=O) groups is 2. The molecule has 9 heteroatoms. The fourth-order valence-corrected chi connectivity index (χ4v) is 7.36. The Morgan fingerprint density at radius 3 is 2.22 bits per heavy atom. The maximum atomic E-state index is 13.3. The molecule has 6 rings (SSSR count). The zero-order chi connectivity index (χ0) is 31.7. The Morgan fingerprint density at radius 2 is 1.60 bits per heavy atom. The van der Waals surface area contributed by atoms with Crippen LogP contribution in [-0.2, 0) is 0 Å². The second-order valence-corrected chi connectivity index (χ2v) is 13.3. The third-order valence-electron chi connectivity index (χ3n) is 9.98. The lowest BCUT2D eigenvalue weighted by atomic mass is 9.96. The van der Waals surface area contributed by atoms with E-state index in [9.17, 15) is 9.59 Å². The van der Waals surface area contributed by atoms with Crippen LogP contribution >= 0.6 is 0 Å². The van der Waals surface area contributed by atoms with Crippen molar-refractivity contribution in [3.8, 4) is 0 Å². The summed E-state index contributed by atoms with van der Waals surface area (Å²) in [6.07, 6.45) is 5.65. The van der Waals surface area contributed by atoms with E-state index in [-0.39, 0.29) is 23.9 Å². The molecule has 238 valence electrons. The summed E-state index contributed by atoms with van der Waals surface area (Å²) >= 11 is 0. The molecule has 0 spiro atoms. The minimum Gasteiger partial charge on any atom is -0.377 e. The number of benzene rings is 2. The molecule has 45 heavy (non-hydrogen) atoms. The SMILES string of the molecule is Cc1c(C(=O)NC2C[C@H]3CC[C@@H](C2)N3c2ccc(C(=O)N[C@@H](C)c3ccc(N4CCN(C)CC4)cc3)cn2)cccc1N(C)C. The van der Waals surface area contributed by atoms with Crippen molar-refractivity contribution in [1.82, 2.24) is 20.5 Å². The number of piperazine rings is 1. The second-order valence-electron chi connectivity index (χ2n) is 13.3. The van der Waals surface area contributed by atoms with Crippen LogP contribution < -0.4 is 25.3 Å². The van der Waals surface area contributed by atoms with Crippen LogP contribution in [0.5, 0.6) is 0 Å². The van der Waals surface area contributed by atoms with Gasteiger partial charge in [0, 0.05) is 81.5 Å². The lowest BCUT2D eigenvalue weighted by Gasteiger charge is -2.40. The molecule has 3 aliphatic rings. The monoisotopic (exact) mass is 609 g/mol. The zero-order valence-corrected chi connectivity index (χ0v) is 27.3. The Morgan fingerprint density at radius 1 is 0.911 bits per heavy atom. The van der Waals surface area contributed by atoms with Crippen molar-refractivity contribution in [3.63, 3.8) is 0 Å². The zero-order valence-electron chi connectivity index (χ0n) is 27.3. The standard InChI is InChI=1S/C36H47N7O2/c1-24-32(7-6-8-33(24)40(3)4)36(45)39-28-21-30-14-15-31(22-28)43(30)34-16-11-27(23-37-34)35(44)38-25(2)26-9-12-29(13-10-26)42-19-17-41(5)18-20-42/h6-13,16,23,25,28,30-31H,14-15,17-22H2,1-5H3,(H,38,44)(H,39,45)/t25-,28?,30-,31+/m0/s1. The molecule has 3 fully saturated rings. The first-order valence-corrected chi connectivity index (χ1v) is 16.3. The van der Waals surface area contributed by atoms with Crippen molar-refractivity contribution >= 4 is 29.0 Å². The molecular weight excluding hydrogens is 562 g/mol. The van der Waals surface area contributed by atoms with Gasteiger partial charge < -0.3 is 30.2 Å². The number of pyridine rings is 1. The summed E-state index contributed by atoms with van der Waals surface area (Å²) < 4.78 is 0. The average Bonchev–Trinajstić information content (AvgIpc) is 3.31. The van der Waals surface area contributed by atoms with E-state index < -0.39 is 0 Å². The number of hydrogen-bond acceptors (Lipinski definition) is 7. The number of anilines is 3. The van der Waals surface area contributed by atoms with Crippen molar-refractivity contribution in [2.45, 2.75) is 63.7 Å². The Balaban J connectivity index is 1.04. The van der Waals surface area contributed by atoms with E-state index in [4.69, 9.17) is 4.98 Å². The number of aromatic nitrogens is 1. The first-order chi connectivity index (χ1) is 21.7. The maximum Gasteiger partial charge on any atom is 0.253 e. The van der Waals surface area contributed by atoms with Gasteiger partial charge in [-0.05, 0) is 94.1 Å². The predicted octanol–water partition coefficient (Wildman–Crippen LogP) is 4.63. The molecular formula is C36H47N7O2. The normalized spacial score (nSPS) is 22.2. The van der Waals surface area contributed by atoms with Crippen LogP contribution in [0.25, 0.3) is 0 Å². The maximum absolute atomic E-state index is 13.3. The van der Waals surface area contributed by atoms with Gasteiger partial charge in [0.05, 0.1) is 11.6 Å². The molecule has 4 atom stereocenters. The quantitative estimate of drug-likeness (QED) is 0.386. The summed E-state index contributed by atoms with van der Waals surface area (Å²) in [4.78, 5) is 40.4. The van der Waals surface area contributed by atoms with Gasteiger partial charge in [-0.15, -0.1) is 0 Å². The van der Waals surface area contributed by atoms with Crippen LogP contribution in [0, 0.1) is 6.92 Å². The van der Waals surface area contributed by atoms with Gasteiger partial charge in [0.2, 0.25) is 0 Å². The second kappa shape index (κ2) is 13.1. The lowest BCUT2D eigenvalue weighted by molar-refractivity contribution is 0.0922. The molecule has 3 aromatic rings. The minimum absolute atomic E-state index is 0.00254. The highest BCUT2D eigenvalue weighted by atomic mass is 16.2. The van der Waals surface area contributed by atoms with Gasteiger partial charge in [0.25, 0.3) is 11.8 Å². The third-order valence-corrected chi connectivity index (χ3v) is 9.98. The molecule has 2 aromatic carbocycles. The average molecular weight is 610 g/mol. The predicted molar refractivity (Wildman–Crippen MR) is 182 cm³/mol. The number of rotatable bonds is 8. The highest BCUT2D eigenvalue weighted by Gasteiger charge is 2.42. The summed E-state index contributed by atoms with van der Waals surface area (Å²) in [7, 11) is 6.16. The number of piperidine rings is 1. The molecule has 2 N–H and O–H groups in total. The highest BCUT2D eigenvalue weighted by molar-refractivity contribution is 5.97. The fourth-order valence-electron chi connectivity index (χ4n) is 7.36. The Bertz CT molecular complexity index is 1480. The van der Waals surface area contributed by atoms with Crippen molar-refractivity contribution < 1.29 is 9.59 Å². The van der Waals surface area contributed by atoms with Crippen molar-refractivity contribution in [2.75, 3.05) is 62.0 Å². The van der Waals surface area contributed by atoms with Gasteiger partial charge in [-0.2, -0.15) is 0 Å². The molecule has 4 heterocycles. The number of nitrogens with zero attached hydrogens (tertiary/aromatic N) is 5. The van der Waals surface area contributed by atoms with Crippen LogP contribution in [0.2, 0.25) is 0 Å².